The molecule has 2 amide bonds. The van der Waals surface area contributed by atoms with Crippen molar-refractivity contribution in [1.29, 1.82) is 0 Å². The SMILES string of the molecule is COC(=O)N(Cc1ccccc1)c1ccccc1C(=O)Nc1cc(OC)ccc1OC. The number of ether oxygens (including phenoxy) is 3. The number of para-hydroxylation sites is 1. The average Bonchev–Trinajstić information content (AvgIpc) is 2.82. The van der Waals surface area contributed by atoms with Gasteiger partial charge >= 0.3 is 6.09 Å². The van der Waals surface area contributed by atoms with Crippen LogP contribution in [0.4, 0.5) is 16.2 Å². The van der Waals surface area contributed by atoms with Crippen molar-refractivity contribution in [1.82, 2.24) is 0 Å². The molecule has 3 aromatic rings. The maximum Gasteiger partial charge on any atom is 0.414 e. The van der Waals surface area contributed by atoms with E-state index in [9.17, 15) is 9.59 Å². The van der Waals surface area contributed by atoms with Crippen molar-refractivity contribution >= 4 is 23.4 Å². The second-order valence-corrected chi connectivity index (χ2v) is 6.58. The van der Waals surface area contributed by atoms with Crippen LogP contribution < -0.4 is 19.7 Å². The van der Waals surface area contributed by atoms with E-state index in [1.54, 1.807) is 49.6 Å². The normalized spacial score (nSPS) is 10.2. The number of methoxy groups -OCH3 is 3. The first-order chi connectivity index (χ1) is 15.1. The van der Waals surface area contributed by atoms with Gasteiger partial charge in [0.05, 0.1) is 44.8 Å². The van der Waals surface area contributed by atoms with Crippen LogP contribution in [0.3, 0.4) is 0 Å². The summed E-state index contributed by atoms with van der Waals surface area (Å²) in [6.07, 6.45) is -0.567. The highest BCUT2D eigenvalue weighted by Gasteiger charge is 2.23. The van der Waals surface area contributed by atoms with Crippen molar-refractivity contribution in [2.75, 3.05) is 31.5 Å². The van der Waals surface area contributed by atoms with Crippen LogP contribution in [0, 0.1) is 0 Å². The van der Waals surface area contributed by atoms with Gasteiger partial charge in [-0.3, -0.25) is 9.69 Å². The first-order valence-corrected chi connectivity index (χ1v) is 9.59. The molecule has 3 rings (SSSR count). The number of benzene rings is 3. The van der Waals surface area contributed by atoms with E-state index >= 15 is 0 Å². The van der Waals surface area contributed by atoms with E-state index in [0.29, 0.717) is 28.4 Å². The highest BCUT2D eigenvalue weighted by atomic mass is 16.5. The third-order valence-electron chi connectivity index (χ3n) is 4.67. The van der Waals surface area contributed by atoms with Crippen LogP contribution in [-0.4, -0.2) is 33.3 Å². The molecule has 0 unspecified atom stereocenters. The zero-order chi connectivity index (χ0) is 22.2. The van der Waals surface area contributed by atoms with Crippen LogP contribution in [0.5, 0.6) is 11.5 Å². The summed E-state index contributed by atoms with van der Waals surface area (Å²) < 4.78 is 15.6. The molecule has 0 atom stereocenters. The summed E-state index contributed by atoms with van der Waals surface area (Å²) in [4.78, 5) is 27.2. The molecule has 0 bridgehead atoms. The minimum absolute atomic E-state index is 0.250. The quantitative estimate of drug-likeness (QED) is 0.598. The van der Waals surface area contributed by atoms with E-state index in [1.807, 2.05) is 30.3 Å². The molecule has 0 aliphatic heterocycles. The first-order valence-electron chi connectivity index (χ1n) is 9.59. The Morgan fingerprint density at radius 2 is 1.58 bits per heavy atom. The fourth-order valence-electron chi connectivity index (χ4n) is 3.13. The second kappa shape index (κ2) is 10.2. The van der Waals surface area contributed by atoms with Gasteiger partial charge in [-0.05, 0) is 29.8 Å². The molecule has 0 saturated heterocycles. The number of hydrogen-bond donors (Lipinski definition) is 1. The van der Waals surface area contributed by atoms with Gasteiger partial charge in [-0.15, -0.1) is 0 Å². The number of hydrogen-bond acceptors (Lipinski definition) is 5. The predicted octanol–water partition coefficient (Wildman–Crippen LogP) is 4.73. The van der Waals surface area contributed by atoms with Gasteiger partial charge in [0.1, 0.15) is 11.5 Å². The number of nitrogens with one attached hydrogen (secondary N) is 1. The lowest BCUT2D eigenvalue weighted by molar-refractivity contribution is 0.102. The molecule has 160 valence electrons. The number of carbonyl (C=O) groups excluding carboxylic acids is 2. The number of rotatable bonds is 7. The lowest BCUT2D eigenvalue weighted by Crippen LogP contribution is -2.32. The molecule has 0 fully saturated rings. The Hall–Kier alpha value is -4.00. The van der Waals surface area contributed by atoms with Crippen molar-refractivity contribution in [3.8, 4) is 11.5 Å². The van der Waals surface area contributed by atoms with Crippen molar-refractivity contribution in [3.05, 3.63) is 83.9 Å². The van der Waals surface area contributed by atoms with Crippen LogP contribution in [0.1, 0.15) is 15.9 Å². The van der Waals surface area contributed by atoms with E-state index in [2.05, 4.69) is 5.32 Å². The molecule has 7 heteroatoms. The van der Waals surface area contributed by atoms with E-state index in [-0.39, 0.29) is 6.54 Å². The molecule has 1 N–H and O–H groups in total. The van der Waals surface area contributed by atoms with Gasteiger partial charge in [-0.2, -0.15) is 0 Å². The molecule has 0 aliphatic rings. The molecule has 0 heterocycles. The van der Waals surface area contributed by atoms with Gasteiger partial charge in [0, 0.05) is 6.07 Å². The van der Waals surface area contributed by atoms with E-state index < -0.39 is 12.0 Å². The summed E-state index contributed by atoms with van der Waals surface area (Å²) in [5.41, 5.74) is 2.10. The zero-order valence-electron chi connectivity index (χ0n) is 17.6. The monoisotopic (exact) mass is 420 g/mol. The molecule has 31 heavy (non-hydrogen) atoms. The lowest BCUT2D eigenvalue weighted by atomic mass is 10.1. The molecular weight excluding hydrogens is 396 g/mol. The van der Waals surface area contributed by atoms with Crippen molar-refractivity contribution in [3.63, 3.8) is 0 Å². The highest BCUT2D eigenvalue weighted by Crippen LogP contribution is 2.31. The molecule has 0 saturated carbocycles. The Labute approximate surface area is 181 Å². The summed E-state index contributed by atoms with van der Waals surface area (Å²) in [5.74, 6) is 0.662. The topological polar surface area (TPSA) is 77.1 Å². The standard InChI is InChI=1S/C24H24N2O5/c1-29-18-13-14-22(30-2)20(15-18)25-23(27)19-11-7-8-12-21(19)26(24(28)31-3)16-17-9-5-4-6-10-17/h4-15H,16H2,1-3H3,(H,25,27). The van der Waals surface area contributed by atoms with Gasteiger partial charge in [-0.25, -0.2) is 4.79 Å². The summed E-state index contributed by atoms with van der Waals surface area (Å²) in [7, 11) is 4.37. The summed E-state index contributed by atoms with van der Waals surface area (Å²) >= 11 is 0. The summed E-state index contributed by atoms with van der Waals surface area (Å²) in [6.45, 7) is 0.250. The third kappa shape index (κ3) is 5.14. The largest absolute Gasteiger partial charge is 0.497 e. The van der Waals surface area contributed by atoms with Gasteiger partial charge in [0.2, 0.25) is 0 Å². The smallest absolute Gasteiger partial charge is 0.414 e. The Bertz CT molecular complexity index is 1050. The lowest BCUT2D eigenvalue weighted by Gasteiger charge is -2.24. The van der Waals surface area contributed by atoms with Crippen LogP contribution >= 0.6 is 0 Å². The Morgan fingerprint density at radius 3 is 2.26 bits per heavy atom. The minimum atomic E-state index is -0.567. The average molecular weight is 420 g/mol. The van der Waals surface area contributed by atoms with Gasteiger partial charge in [-0.1, -0.05) is 42.5 Å². The van der Waals surface area contributed by atoms with Gasteiger partial charge in [0.15, 0.2) is 0 Å². The Balaban J connectivity index is 1.96. The molecule has 0 aromatic heterocycles. The Morgan fingerprint density at radius 1 is 0.871 bits per heavy atom. The molecular formula is C24H24N2O5. The minimum Gasteiger partial charge on any atom is -0.497 e. The van der Waals surface area contributed by atoms with Crippen molar-refractivity contribution in [2.45, 2.75) is 6.54 Å². The highest BCUT2D eigenvalue weighted by molar-refractivity contribution is 6.10. The fraction of sp³-hybridized carbons (Fsp3) is 0.167. The van der Waals surface area contributed by atoms with E-state index in [1.165, 1.54) is 19.1 Å². The predicted molar refractivity (Wildman–Crippen MR) is 119 cm³/mol. The molecule has 3 aromatic carbocycles. The molecule has 0 aliphatic carbocycles. The second-order valence-electron chi connectivity index (χ2n) is 6.58. The number of anilines is 2. The van der Waals surface area contributed by atoms with Gasteiger partial charge < -0.3 is 19.5 Å². The van der Waals surface area contributed by atoms with Crippen LogP contribution in [0.25, 0.3) is 0 Å². The van der Waals surface area contributed by atoms with Crippen molar-refractivity contribution in [2.24, 2.45) is 0 Å². The van der Waals surface area contributed by atoms with E-state index in [0.717, 1.165) is 5.56 Å². The number of carbonyl (C=O) groups is 2. The number of nitrogens with zero attached hydrogens (tertiary/aromatic N) is 1. The molecule has 0 spiro atoms. The molecule has 7 nitrogen and oxygen atoms in total. The van der Waals surface area contributed by atoms with Gasteiger partial charge in [0.25, 0.3) is 5.91 Å². The molecule has 0 radical (unpaired) electrons. The third-order valence-corrected chi connectivity index (χ3v) is 4.67. The summed E-state index contributed by atoms with van der Waals surface area (Å²) in [6, 6.07) is 21.4. The van der Waals surface area contributed by atoms with E-state index in [4.69, 9.17) is 14.2 Å². The zero-order valence-corrected chi connectivity index (χ0v) is 17.6. The van der Waals surface area contributed by atoms with Crippen LogP contribution in [-0.2, 0) is 11.3 Å². The maximum atomic E-state index is 13.2. The van der Waals surface area contributed by atoms with Crippen molar-refractivity contribution < 1.29 is 23.8 Å². The van der Waals surface area contributed by atoms with Crippen LogP contribution in [0.2, 0.25) is 0 Å². The number of amides is 2. The summed E-state index contributed by atoms with van der Waals surface area (Å²) in [5, 5.41) is 2.85. The first kappa shape index (κ1) is 21.7. The fourth-order valence-corrected chi connectivity index (χ4v) is 3.13. The maximum absolute atomic E-state index is 13.2. The Kier molecular flexibility index (Phi) is 7.11. The van der Waals surface area contributed by atoms with Crippen LogP contribution in [0.15, 0.2) is 72.8 Å².